The summed E-state index contributed by atoms with van der Waals surface area (Å²) in [6.45, 7) is 9.72. The summed E-state index contributed by atoms with van der Waals surface area (Å²) < 4.78 is 5.88. The van der Waals surface area contributed by atoms with Gasteiger partial charge in [-0.3, -0.25) is 4.90 Å². The molecule has 1 spiro atoms. The molecular formula is C17H23ClN2O. The Hall–Kier alpha value is -1.06. The van der Waals surface area contributed by atoms with Crippen LogP contribution in [0.5, 0.6) is 0 Å². The Kier molecular flexibility index (Phi) is 3.74. The van der Waals surface area contributed by atoms with Crippen LogP contribution in [-0.4, -0.2) is 41.6 Å². The predicted octanol–water partition coefficient (Wildman–Crippen LogP) is 3.75. The van der Waals surface area contributed by atoms with Gasteiger partial charge in [0.15, 0.2) is 0 Å². The molecule has 21 heavy (non-hydrogen) atoms. The highest BCUT2D eigenvalue weighted by Crippen LogP contribution is 2.34. The van der Waals surface area contributed by atoms with E-state index in [1.165, 1.54) is 0 Å². The van der Waals surface area contributed by atoms with Crippen LogP contribution in [0.25, 0.3) is 0 Å². The van der Waals surface area contributed by atoms with E-state index in [1.807, 2.05) is 24.3 Å². The van der Waals surface area contributed by atoms with Crippen molar-refractivity contribution in [3.05, 3.63) is 34.9 Å². The summed E-state index contributed by atoms with van der Waals surface area (Å²) >= 11 is 5.93. The molecule has 0 radical (unpaired) electrons. The monoisotopic (exact) mass is 306 g/mol. The molecule has 1 aromatic carbocycles. The van der Waals surface area contributed by atoms with Crippen LogP contribution < -0.4 is 0 Å². The van der Waals surface area contributed by atoms with Crippen molar-refractivity contribution in [2.75, 3.05) is 19.7 Å². The van der Waals surface area contributed by atoms with Gasteiger partial charge in [-0.2, -0.15) is 0 Å². The molecule has 3 rings (SSSR count). The van der Waals surface area contributed by atoms with Crippen molar-refractivity contribution in [3.63, 3.8) is 0 Å². The zero-order valence-electron chi connectivity index (χ0n) is 13.0. The van der Waals surface area contributed by atoms with Crippen LogP contribution in [0.2, 0.25) is 5.02 Å². The number of benzene rings is 1. The van der Waals surface area contributed by atoms with Crippen LogP contribution in [-0.2, 0) is 4.74 Å². The largest absolute Gasteiger partial charge is 0.475 e. The molecule has 0 atom stereocenters. The second kappa shape index (κ2) is 5.29. The van der Waals surface area contributed by atoms with E-state index >= 15 is 0 Å². The van der Waals surface area contributed by atoms with Gasteiger partial charge in [-0.15, -0.1) is 0 Å². The summed E-state index contributed by atoms with van der Waals surface area (Å²) in [5, 5.41) is 0.741. The van der Waals surface area contributed by atoms with E-state index in [-0.39, 0.29) is 11.1 Å². The molecule has 2 aliphatic heterocycles. The van der Waals surface area contributed by atoms with Crippen molar-refractivity contribution in [2.24, 2.45) is 4.99 Å². The summed E-state index contributed by atoms with van der Waals surface area (Å²) in [6.07, 6.45) is 2.14. The van der Waals surface area contributed by atoms with Gasteiger partial charge in [0, 0.05) is 29.2 Å². The van der Waals surface area contributed by atoms with Gasteiger partial charge in [0.1, 0.15) is 12.1 Å². The minimum Gasteiger partial charge on any atom is -0.475 e. The van der Waals surface area contributed by atoms with Gasteiger partial charge < -0.3 is 4.74 Å². The molecular weight excluding hydrogens is 284 g/mol. The molecule has 0 bridgehead atoms. The SMILES string of the molecule is CC(C)(C)N1CCC2(CC1)COC(c1ccc(Cl)cc1)=N2. The first kappa shape index (κ1) is 14.9. The number of halogens is 1. The van der Waals surface area contributed by atoms with E-state index < -0.39 is 0 Å². The van der Waals surface area contributed by atoms with E-state index in [0.717, 1.165) is 42.4 Å². The minimum absolute atomic E-state index is 0.0171. The number of nitrogens with zero attached hydrogens (tertiary/aromatic N) is 2. The zero-order chi connectivity index (χ0) is 15.1. The molecule has 0 unspecified atom stereocenters. The standard InChI is InChI=1S/C17H23ClN2O/c1-16(2,3)20-10-8-17(9-11-20)12-21-15(19-17)13-4-6-14(18)7-5-13/h4-7H,8-12H2,1-3H3. The smallest absolute Gasteiger partial charge is 0.216 e. The van der Waals surface area contributed by atoms with Gasteiger partial charge in [-0.05, 0) is 57.9 Å². The molecule has 0 aromatic heterocycles. The fourth-order valence-corrected chi connectivity index (χ4v) is 3.20. The summed E-state index contributed by atoms with van der Waals surface area (Å²) in [5.41, 5.74) is 1.25. The molecule has 1 saturated heterocycles. The van der Waals surface area contributed by atoms with Crippen molar-refractivity contribution < 1.29 is 4.74 Å². The van der Waals surface area contributed by atoms with Gasteiger partial charge in [0.2, 0.25) is 5.90 Å². The second-order valence-electron chi connectivity index (χ2n) is 7.09. The van der Waals surface area contributed by atoms with Crippen LogP contribution >= 0.6 is 11.6 Å². The normalized spacial score (nSPS) is 22.2. The fraction of sp³-hybridized carbons (Fsp3) is 0.588. The molecule has 0 N–H and O–H groups in total. The van der Waals surface area contributed by atoms with Gasteiger partial charge in [0.05, 0.1) is 0 Å². The third-order valence-electron chi connectivity index (χ3n) is 4.55. The van der Waals surface area contributed by atoms with E-state index in [0.29, 0.717) is 6.61 Å². The Morgan fingerprint density at radius 2 is 1.76 bits per heavy atom. The first-order valence-corrected chi connectivity index (χ1v) is 8.00. The van der Waals surface area contributed by atoms with Crippen molar-refractivity contribution in [1.82, 2.24) is 4.90 Å². The van der Waals surface area contributed by atoms with Crippen LogP contribution in [0.1, 0.15) is 39.2 Å². The van der Waals surface area contributed by atoms with Gasteiger partial charge in [-0.1, -0.05) is 11.6 Å². The average molecular weight is 307 g/mol. The molecule has 4 heteroatoms. The first-order chi connectivity index (χ1) is 9.88. The highest BCUT2D eigenvalue weighted by atomic mass is 35.5. The Morgan fingerprint density at radius 3 is 2.33 bits per heavy atom. The summed E-state index contributed by atoms with van der Waals surface area (Å²) in [7, 11) is 0. The Labute approximate surface area is 132 Å². The Morgan fingerprint density at radius 1 is 1.14 bits per heavy atom. The van der Waals surface area contributed by atoms with E-state index in [2.05, 4.69) is 25.7 Å². The summed E-state index contributed by atoms with van der Waals surface area (Å²) in [5.74, 6) is 0.774. The van der Waals surface area contributed by atoms with E-state index in [9.17, 15) is 0 Å². The maximum Gasteiger partial charge on any atom is 0.216 e. The highest BCUT2D eigenvalue weighted by Gasteiger charge is 2.41. The summed E-state index contributed by atoms with van der Waals surface area (Å²) in [4.78, 5) is 7.46. The predicted molar refractivity (Wildman–Crippen MR) is 87.2 cm³/mol. The lowest BCUT2D eigenvalue weighted by atomic mass is 9.87. The van der Waals surface area contributed by atoms with Gasteiger partial charge in [0.25, 0.3) is 0 Å². The Balaban J connectivity index is 1.73. The van der Waals surface area contributed by atoms with Gasteiger partial charge in [-0.25, -0.2) is 4.99 Å². The number of hydrogen-bond donors (Lipinski definition) is 0. The second-order valence-corrected chi connectivity index (χ2v) is 7.53. The third kappa shape index (κ3) is 3.09. The average Bonchev–Trinajstić information content (AvgIpc) is 2.83. The van der Waals surface area contributed by atoms with Crippen LogP contribution in [0.4, 0.5) is 0 Å². The molecule has 1 fully saturated rings. The van der Waals surface area contributed by atoms with Crippen LogP contribution in [0.15, 0.2) is 29.3 Å². The van der Waals surface area contributed by atoms with Crippen LogP contribution in [0, 0.1) is 0 Å². The van der Waals surface area contributed by atoms with Gasteiger partial charge >= 0.3 is 0 Å². The summed E-state index contributed by atoms with van der Waals surface area (Å²) in [6, 6.07) is 7.72. The Bertz CT molecular complexity index is 537. The molecule has 2 heterocycles. The van der Waals surface area contributed by atoms with Crippen LogP contribution in [0.3, 0.4) is 0 Å². The molecule has 2 aliphatic rings. The number of rotatable bonds is 1. The van der Waals surface area contributed by atoms with Crippen molar-refractivity contribution in [1.29, 1.82) is 0 Å². The molecule has 3 nitrogen and oxygen atoms in total. The molecule has 1 aromatic rings. The number of ether oxygens (including phenoxy) is 1. The van der Waals surface area contributed by atoms with Crippen molar-refractivity contribution in [3.8, 4) is 0 Å². The van der Waals surface area contributed by atoms with Crippen molar-refractivity contribution >= 4 is 17.5 Å². The number of aliphatic imine (C=N–C) groups is 1. The molecule has 0 aliphatic carbocycles. The van der Waals surface area contributed by atoms with E-state index in [4.69, 9.17) is 21.3 Å². The lowest BCUT2D eigenvalue weighted by Gasteiger charge is -2.43. The van der Waals surface area contributed by atoms with E-state index in [1.54, 1.807) is 0 Å². The maximum atomic E-state index is 5.93. The molecule has 0 saturated carbocycles. The quantitative estimate of drug-likeness (QED) is 0.789. The fourth-order valence-electron chi connectivity index (χ4n) is 3.07. The lowest BCUT2D eigenvalue weighted by Crippen LogP contribution is -2.51. The first-order valence-electron chi connectivity index (χ1n) is 7.62. The topological polar surface area (TPSA) is 24.8 Å². The molecule has 0 amide bonds. The number of hydrogen-bond acceptors (Lipinski definition) is 3. The maximum absolute atomic E-state index is 5.93. The minimum atomic E-state index is -0.0171. The number of piperidine rings is 1. The molecule has 114 valence electrons. The van der Waals surface area contributed by atoms with Crippen molar-refractivity contribution in [2.45, 2.75) is 44.7 Å². The zero-order valence-corrected chi connectivity index (χ0v) is 13.8. The highest BCUT2D eigenvalue weighted by molar-refractivity contribution is 6.30. The number of likely N-dealkylation sites (tertiary alicyclic amines) is 1. The lowest BCUT2D eigenvalue weighted by molar-refractivity contribution is 0.0675. The third-order valence-corrected chi connectivity index (χ3v) is 4.80.